The molecule has 0 aromatic carbocycles. The van der Waals surface area contributed by atoms with Crippen LogP contribution in [0.3, 0.4) is 0 Å². The minimum atomic E-state index is -1.23. The zero-order valence-electron chi connectivity index (χ0n) is 62.6. The van der Waals surface area contributed by atoms with Gasteiger partial charge in [0.05, 0.1) is 35.1 Å². The van der Waals surface area contributed by atoms with Crippen LogP contribution in [0.25, 0.3) is 65.8 Å². The van der Waals surface area contributed by atoms with Gasteiger partial charge in [0.1, 0.15) is 52.7 Å². The molecule has 18 rings (SSSR count). The average molecular weight is 1470 g/mol. The number of carbonyl (C=O) groups excluding carboxylic acids is 2. The molecule has 12 aromatic heterocycles. The predicted molar refractivity (Wildman–Crippen MR) is 417 cm³/mol. The van der Waals surface area contributed by atoms with Gasteiger partial charge < -0.3 is 65.2 Å². The van der Waals surface area contributed by atoms with Crippen molar-refractivity contribution in [2.24, 2.45) is 17.8 Å². The SMILES string of the molecule is CC1CCC(n2c3cnccc3c3cnc(Nc4ccc5c(n4)CCN(C(=O)[C@H](C)O)C5)nc32)CC1.CC1CCC(n2c3cnccc3c3cnc(Nc4ccc5c(n4)CCN(C(=O)[C@H](C)O)C5)nc32)CC1.CC1CCC(n2c3cnccc3c3cnc(Nc4ccc5c(n4)CCNC5)nc32)CC1.C[C@H](O)C(=O)O. The topological polar surface area (TPSA) is 356 Å². The molecule has 109 heavy (non-hydrogen) atoms. The highest BCUT2D eigenvalue weighted by Crippen LogP contribution is 2.42. The molecule has 28 nitrogen and oxygen atoms in total. The summed E-state index contributed by atoms with van der Waals surface area (Å²) in [6.45, 7) is 15.1. The van der Waals surface area contributed by atoms with Crippen LogP contribution in [0, 0.1) is 17.8 Å². The molecule has 0 bridgehead atoms. The lowest BCUT2D eigenvalue weighted by atomic mass is 9.87. The van der Waals surface area contributed by atoms with Crippen molar-refractivity contribution in [2.75, 3.05) is 35.6 Å². The Kier molecular flexibility index (Phi) is 21.7. The number of fused-ring (bicyclic) bond motifs is 12. The van der Waals surface area contributed by atoms with Gasteiger partial charge in [-0.2, -0.15) is 15.0 Å². The maximum Gasteiger partial charge on any atom is 0.332 e. The van der Waals surface area contributed by atoms with E-state index in [0.29, 0.717) is 86.6 Å². The lowest BCUT2D eigenvalue weighted by molar-refractivity contribution is -0.145. The van der Waals surface area contributed by atoms with Crippen LogP contribution in [0.1, 0.15) is 170 Å². The standard InChI is InChI=1S/2C27H31N7O2.C24H27N7.C3H6O3/c2*1-16-3-6-19(7-4-16)34-23-14-28-11-9-20(23)21-13-29-27(32-25(21)34)31-24-8-5-18-15-33(26(36)17(2)35)12-10-22(18)30-24;1-15-2-5-17(6-3-15)31-21-14-26-10-8-18(21)19-13-27-24(30-23(19)31)29-22-7-4-16-12-25-11-9-20(16)28-22;1-2(4)3(5)6/h2*5,8-9,11,13-14,16-17,19,35H,3-4,6-7,10,12,15H2,1-2H3,(H,29,30,31,32);4,7-8,10,13-15,17,25H,2-3,5-6,9,11-12H2,1H3,(H,27,28,29,30);2,4H,1H3,(H,5,6)/t2*16?,17-,19?;;2-/m00.0/s1. The Bertz CT molecular complexity index is 5110. The molecule has 566 valence electrons. The van der Waals surface area contributed by atoms with E-state index >= 15 is 0 Å². The molecule has 0 unspecified atom stereocenters. The lowest BCUT2D eigenvalue weighted by Gasteiger charge is -2.29. The molecule has 3 atom stereocenters. The van der Waals surface area contributed by atoms with Gasteiger partial charge in [-0.05, 0) is 169 Å². The number of aliphatic hydroxyl groups excluding tert-OH is 3. The van der Waals surface area contributed by atoms with Gasteiger partial charge in [0, 0.05) is 163 Å². The summed E-state index contributed by atoms with van der Waals surface area (Å²) in [6.07, 6.45) is 30.5. The van der Waals surface area contributed by atoms with E-state index in [2.05, 4.69) is 97.8 Å². The first-order valence-corrected chi connectivity index (χ1v) is 38.5. The average Bonchev–Trinajstić information content (AvgIpc) is 1.61. The minimum Gasteiger partial charge on any atom is -0.479 e. The van der Waals surface area contributed by atoms with Crippen LogP contribution in [0.5, 0.6) is 0 Å². The molecule has 0 saturated heterocycles. The van der Waals surface area contributed by atoms with E-state index < -0.39 is 24.3 Å². The predicted octanol–water partition coefficient (Wildman–Crippen LogP) is 12.2. The first kappa shape index (κ1) is 73.7. The molecule has 0 spiro atoms. The lowest BCUT2D eigenvalue weighted by Crippen LogP contribution is -2.41. The summed E-state index contributed by atoms with van der Waals surface area (Å²) in [7, 11) is 0. The molecule has 3 saturated carbocycles. The Balaban J connectivity index is 0.000000126. The molecule has 8 N–H and O–H groups in total. The van der Waals surface area contributed by atoms with Crippen molar-refractivity contribution in [1.29, 1.82) is 0 Å². The van der Waals surface area contributed by atoms with Crippen molar-refractivity contribution in [1.82, 2.24) is 88.6 Å². The Morgan fingerprint density at radius 3 is 1.08 bits per heavy atom. The van der Waals surface area contributed by atoms with Gasteiger partial charge in [0.25, 0.3) is 11.8 Å². The zero-order chi connectivity index (χ0) is 75.6. The normalized spacial score (nSPS) is 20.6. The number of nitrogens with one attached hydrogen (secondary N) is 4. The van der Waals surface area contributed by atoms with E-state index in [0.717, 1.165) is 157 Å². The van der Waals surface area contributed by atoms with Crippen LogP contribution < -0.4 is 21.3 Å². The van der Waals surface area contributed by atoms with Gasteiger partial charge in [0.15, 0.2) is 0 Å². The summed E-state index contributed by atoms with van der Waals surface area (Å²) in [5.41, 5.74) is 12.6. The molecule has 3 fully saturated rings. The second-order valence-corrected chi connectivity index (χ2v) is 30.4. The van der Waals surface area contributed by atoms with Crippen molar-refractivity contribution in [2.45, 2.75) is 194 Å². The highest BCUT2D eigenvalue weighted by atomic mass is 16.4. The number of hydrogen-bond acceptors (Lipinski definition) is 22. The molecule has 0 radical (unpaired) electrons. The largest absolute Gasteiger partial charge is 0.479 e. The number of amides is 2. The van der Waals surface area contributed by atoms with Crippen molar-refractivity contribution < 1.29 is 34.8 Å². The first-order valence-electron chi connectivity index (χ1n) is 38.5. The second-order valence-electron chi connectivity index (χ2n) is 30.4. The smallest absolute Gasteiger partial charge is 0.332 e. The molecule has 2 amide bonds. The van der Waals surface area contributed by atoms with E-state index in [1.54, 1.807) is 9.80 Å². The molecule has 15 heterocycles. The fourth-order valence-corrected chi connectivity index (χ4v) is 16.4. The van der Waals surface area contributed by atoms with E-state index in [1.807, 2.05) is 98.2 Å². The highest BCUT2D eigenvalue weighted by Gasteiger charge is 2.31. The number of pyridine rings is 6. The molecule has 6 aliphatic rings. The van der Waals surface area contributed by atoms with Crippen molar-refractivity contribution in [3.8, 4) is 0 Å². The highest BCUT2D eigenvalue weighted by molar-refractivity contribution is 6.08. The Morgan fingerprint density at radius 2 is 0.752 bits per heavy atom. The fraction of sp³-hybridized carbons (Fsp3) is 0.444. The molecular weight excluding hydrogens is 1380 g/mol. The number of aliphatic hydroxyl groups is 3. The van der Waals surface area contributed by atoms with Gasteiger partial charge >= 0.3 is 5.97 Å². The maximum absolute atomic E-state index is 12.2. The van der Waals surface area contributed by atoms with Crippen molar-refractivity contribution >= 4 is 119 Å². The van der Waals surface area contributed by atoms with Crippen molar-refractivity contribution in [3.63, 3.8) is 0 Å². The fourth-order valence-electron chi connectivity index (χ4n) is 16.4. The molecular formula is C81H95N21O7. The number of aliphatic carboxylic acids is 1. The van der Waals surface area contributed by atoms with Crippen LogP contribution in [0.4, 0.5) is 35.3 Å². The van der Waals surface area contributed by atoms with Crippen LogP contribution in [0.2, 0.25) is 0 Å². The Hall–Kier alpha value is -10.8. The molecule has 3 aliphatic carbocycles. The Labute approximate surface area is 630 Å². The monoisotopic (exact) mass is 1470 g/mol. The molecule has 28 heteroatoms. The van der Waals surface area contributed by atoms with Crippen LogP contribution in [-0.4, -0.2) is 159 Å². The number of aromatic nitrogens is 15. The second kappa shape index (κ2) is 32.2. The van der Waals surface area contributed by atoms with E-state index in [-0.39, 0.29) is 11.8 Å². The number of hydrogen-bond donors (Lipinski definition) is 8. The quantitative estimate of drug-likeness (QED) is 0.0563. The minimum absolute atomic E-state index is 0.248. The third-order valence-electron chi connectivity index (χ3n) is 22.5. The third kappa shape index (κ3) is 15.9. The van der Waals surface area contributed by atoms with Gasteiger partial charge in [0.2, 0.25) is 17.8 Å². The first-order chi connectivity index (χ1) is 52.9. The number of carboxylic acids is 1. The van der Waals surface area contributed by atoms with Crippen molar-refractivity contribution in [3.05, 3.63) is 144 Å². The number of carboxylic acid groups (broad SMARTS) is 1. The summed E-state index contributed by atoms with van der Waals surface area (Å²) in [5, 5.41) is 55.0. The summed E-state index contributed by atoms with van der Waals surface area (Å²) in [6, 6.07) is 19.3. The van der Waals surface area contributed by atoms with Gasteiger partial charge in [-0.1, -0.05) is 39.0 Å². The number of anilines is 6. The van der Waals surface area contributed by atoms with E-state index in [4.69, 9.17) is 40.1 Å². The Morgan fingerprint density at radius 1 is 0.422 bits per heavy atom. The molecule has 3 aliphatic heterocycles. The summed E-state index contributed by atoms with van der Waals surface area (Å²) in [4.78, 5) is 93.5. The number of rotatable bonds is 12. The van der Waals surface area contributed by atoms with Crippen LogP contribution in [0.15, 0.2) is 110 Å². The third-order valence-corrected chi connectivity index (χ3v) is 22.5. The molecule has 12 aromatic rings. The summed E-state index contributed by atoms with van der Waals surface area (Å²) in [5.74, 6) is 4.44. The number of carbonyl (C=O) groups is 3. The van der Waals surface area contributed by atoms with Gasteiger partial charge in [-0.25, -0.2) is 34.7 Å². The van der Waals surface area contributed by atoms with Crippen LogP contribution in [-0.2, 0) is 53.3 Å². The van der Waals surface area contributed by atoms with E-state index in [1.165, 1.54) is 83.1 Å². The summed E-state index contributed by atoms with van der Waals surface area (Å²) >= 11 is 0. The van der Waals surface area contributed by atoms with E-state index in [9.17, 15) is 24.6 Å². The van der Waals surface area contributed by atoms with Crippen LogP contribution >= 0.6 is 0 Å². The van der Waals surface area contributed by atoms with Gasteiger partial charge in [-0.15, -0.1) is 0 Å². The zero-order valence-corrected chi connectivity index (χ0v) is 62.6. The summed E-state index contributed by atoms with van der Waals surface area (Å²) < 4.78 is 7.14. The number of nitrogens with zero attached hydrogens (tertiary/aromatic N) is 17. The maximum atomic E-state index is 12.2. The van der Waals surface area contributed by atoms with Gasteiger partial charge in [-0.3, -0.25) is 24.5 Å².